The average molecular weight is 667 g/mol. The van der Waals surface area contributed by atoms with Crippen LogP contribution in [0.25, 0.3) is 0 Å². The van der Waals surface area contributed by atoms with Gasteiger partial charge in [-0.1, -0.05) is 78.2 Å². The van der Waals surface area contributed by atoms with E-state index in [0.29, 0.717) is 42.0 Å². The fourth-order valence-corrected chi connectivity index (χ4v) is 8.98. The standard InChI is InChI=1S/C38H35ClN2O7/c39-24-10-7-11-25(20-24)41-35(46)30-21-29-27(17-18-28-32(29)36(47)40(34(28)45)19-6-2-5-12-31(43)44)33(22-13-15-26(42)16-14-22)38(30,37(41)48)23-8-3-1-4-9-23/h1,3-4,7-11,13-17,20,28-30,32-33,42H,2,5-6,12,18-19,21H2,(H,43,44). The van der Waals surface area contributed by atoms with Gasteiger partial charge in [0.1, 0.15) is 5.75 Å². The highest BCUT2D eigenvalue weighted by atomic mass is 35.5. The monoisotopic (exact) mass is 666 g/mol. The summed E-state index contributed by atoms with van der Waals surface area (Å²) >= 11 is 6.35. The Kier molecular flexibility index (Phi) is 8.19. The smallest absolute Gasteiger partial charge is 0.303 e. The number of phenols is 1. The van der Waals surface area contributed by atoms with Gasteiger partial charge >= 0.3 is 5.97 Å². The van der Waals surface area contributed by atoms with E-state index in [1.54, 1.807) is 48.5 Å². The number of likely N-dealkylation sites (tertiary alicyclic amines) is 1. The molecule has 246 valence electrons. The SMILES string of the molecule is O=C(O)CCCCCN1C(=O)C2CC=C3C(CC4C(=O)N(c5cccc(Cl)c5)C(=O)C4(c4ccccc4)C3c3ccc(O)cc3)C2C1=O. The molecule has 0 bridgehead atoms. The van der Waals surface area contributed by atoms with Crippen LogP contribution in [0.15, 0.2) is 90.5 Å². The molecule has 1 saturated carbocycles. The van der Waals surface area contributed by atoms with Gasteiger partial charge in [0.05, 0.1) is 28.9 Å². The second-order valence-corrected chi connectivity index (χ2v) is 13.7. The Labute approximate surface area is 282 Å². The number of halogens is 1. The molecule has 4 amide bonds. The van der Waals surface area contributed by atoms with Crippen LogP contribution in [0.2, 0.25) is 5.02 Å². The normalized spacial score (nSPS) is 27.9. The number of carboxylic acid groups (broad SMARTS) is 1. The van der Waals surface area contributed by atoms with Crippen LogP contribution in [0.3, 0.4) is 0 Å². The number of carbonyl (C=O) groups excluding carboxylic acids is 4. The molecular formula is C38H35ClN2O7. The molecule has 0 aromatic heterocycles. The largest absolute Gasteiger partial charge is 0.508 e. The molecular weight excluding hydrogens is 632 g/mol. The van der Waals surface area contributed by atoms with Crippen molar-refractivity contribution in [2.24, 2.45) is 23.7 Å². The maximum absolute atomic E-state index is 15.1. The number of aromatic hydroxyl groups is 1. The molecule has 3 aromatic rings. The number of carbonyl (C=O) groups is 5. The van der Waals surface area contributed by atoms with Crippen LogP contribution in [0, 0.1) is 23.7 Å². The van der Waals surface area contributed by atoms with Crippen molar-refractivity contribution in [3.05, 3.63) is 107 Å². The summed E-state index contributed by atoms with van der Waals surface area (Å²) < 4.78 is 0. The van der Waals surface area contributed by atoms with E-state index in [1.807, 2.05) is 36.4 Å². The van der Waals surface area contributed by atoms with Gasteiger partial charge in [0.15, 0.2) is 0 Å². The van der Waals surface area contributed by atoms with Gasteiger partial charge in [0.2, 0.25) is 23.6 Å². The number of allylic oxidation sites excluding steroid dienone is 2. The molecule has 2 aliphatic carbocycles. The fraction of sp³-hybridized carbons (Fsp3) is 0.342. The number of carboxylic acids is 1. The van der Waals surface area contributed by atoms with Gasteiger partial charge in [-0.15, -0.1) is 0 Å². The van der Waals surface area contributed by atoms with Crippen LogP contribution < -0.4 is 4.90 Å². The molecule has 3 fully saturated rings. The molecule has 2 aliphatic heterocycles. The molecule has 0 spiro atoms. The van der Waals surface area contributed by atoms with Gasteiger partial charge in [-0.2, -0.15) is 0 Å². The van der Waals surface area contributed by atoms with Gasteiger partial charge in [0, 0.05) is 23.9 Å². The average Bonchev–Trinajstić information content (AvgIpc) is 3.46. The lowest BCUT2D eigenvalue weighted by molar-refractivity contribution is -0.141. The molecule has 6 unspecified atom stereocenters. The van der Waals surface area contributed by atoms with Crippen molar-refractivity contribution in [1.29, 1.82) is 0 Å². The number of phenolic OH excluding ortho intramolecular Hbond substituents is 1. The summed E-state index contributed by atoms with van der Waals surface area (Å²) in [4.78, 5) is 71.2. The third kappa shape index (κ3) is 4.94. The van der Waals surface area contributed by atoms with E-state index in [2.05, 4.69) is 0 Å². The summed E-state index contributed by atoms with van der Waals surface area (Å²) in [5, 5.41) is 19.6. The number of fused-ring (bicyclic) bond motifs is 4. The first-order valence-electron chi connectivity index (χ1n) is 16.4. The molecule has 9 nitrogen and oxygen atoms in total. The van der Waals surface area contributed by atoms with Gasteiger partial charge in [-0.05, 0) is 73.1 Å². The molecule has 2 heterocycles. The molecule has 10 heteroatoms. The summed E-state index contributed by atoms with van der Waals surface area (Å²) in [6.07, 6.45) is 4.10. The molecule has 2 saturated heterocycles. The number of benzene rings is 3. The molecule has 3 aromatic carbocycles. The number of amides is 4. The van der Waals surface area contributed by atoms with Crippen LogP contribution in [-0.4, -0.2) is 51.3 Å². The quantitative estimate of drug-likeness (QED) is 0.166. The van der Waals surface area contributed by atoms with Crippen molar-refractivity contribution in [3.63, 3.8) is 0 Å². The molecule has 0 radical (unpaired) electrons. The van der Waals surface area contributed by atoms with Crippen molar-refractivity contribution in [3.8, 4) is 5.75 Å². The van der Waals surface area contributed by atoms with Gasteiger partial charge in [-0.25, -0.2) is 4.90 Å². The van der Waals surface area contributed by atoms with Crippen LogP contribution in [0.1, 0.15) is 55.6 Å². The molecule has 48 heavy (non-hydrogen) atoms. The van der Waals surface area contributed by atoms with Crippen LogP contribution in [-0.2, 0) is 29.4 Å². The minimum atomic E-state index is -1.37. The van der Waals surface area contributed by atoms with E-state index in [0.717, 1.165) is 11.1 Å². The van der Waals surface area contributed by atoms with E-state index >= 15 is 4.79 Å². The Morgan fingerprint density at radius 1 is 0.854 bits per heavy atom. The molecule has 7 rings (SSSR count). The Balaban J connectivity index is 1.35. The summed E-state index contributed by atoms with van der Waals surface area (Å²) in [5.41, 5.74) is 1.23. The highest BCUT2D eigenvalue weighted by Crippen LogP contribution is 2.64. The number of unbranched alkanes of at least 4 members (excludes halogenated alkanes) is 2. The zero-order valence-corrected chi connectivity index (χ0v) is 26.9. The minimum absolute atomic E-state index is 0.0324. The highest BCUT2D eigenvalue weighted by molar-refractivity contribution is 6.32. The predicted molar refractivity (Wildman–Crippen MR) is 177 cm³/mol. The maximum atomic E-state index is 15.1. The predicted octanol–water partition coefficient (Wildman–Crippen LogP) is 5.85. The Morgan fingerprint density at radius 2 is 1.60 bits per heavy atom. The lowest BCUT2D eigenvalue weighted by Gasteiger charge is -2.50. The Morgan fingerprint density at radius 3 is 2.31 bits per heavy atom. The third-order valence-corrected chi connectivity index (χ3v) is 11.0. The topological polar surface area (TPSA) is 132 Å². The Hall–Kier alpha value is -4.76. The summed E-state index contributed by atoms with van der Waals surface area (Å²) in [6, 6.07) is 22.6. The van der Waals surface area contributed by atoms with Crippen molar-refractivity contribution in [2.45, 2.75) is 49.9 Å². The first kappa shape index (κ1) is 31.8. The van der Waals surface area contributed by atoms with Crippen LogP contribution in [0.5, 0.6) is 5.75 Å². The zero-order chi connectivity index (χ0) is 33.7. The van der Waals surface area contributed by atoms with Crippen molar-refractivity contribution >= 4 is 46.9 Å². The van der Waals surface area contributed by atoms with E-state index in [9.17, 15) is 24.3 Å². The van der Waals surface area contributed by atoms with Gasteiger partial charge in [0.25, 0.3) is 0 Å². The molecule has 2 N–H and O–H groups in total. The van der Waals surface area contributed by atoms with Crippen molar-refractivity contribution in [2.75, 3.05) is 11.4 Å². The number of aliphatic carboxylic acids is 1. The number of imide groups is 2. The summed E-state index contributed by atoms with van der Waals surface area (Å²) in [5.74, 6) is -5.39. The first-order chi connectivity index (χ1) is 23.1. The molecule has 6 atom stereocenters. The first-order valence-corrected chi connectivity index (χ1v) is 16.8. The number of hydrogen-bond donors (Lipinski definition) is 2. The summed E-state index contributed by atoms with van der Waals surface area (Å²) in [6.45, 7) is 0.213. The second-order valence-electron chi connectivity index (χ2n) is 13.2. The zero-order valence-electron chi connectivity index (χ0n) is 26.1. The van der Waals surface area contributed by atoms with Crippen LogP contribution in [0.4, 0.5) is 5.69 Å². The number of rotatable bonds is 9. The lowest BCUT2D eigenvalue weighted by atomic mass is 9.49. The van der Waals surface area contributed by atoms with E-state index in [4.69, 9.17) is 16.7 Å². The van der Waals surface area contributed by atoms with Crippen molar-refractivity contribution < 1.29 is 34.2 Å². The van der Waals surface area contributed by atoms with E-state index in [1.165, 1.54) is 9.80 Å². The Bertz CT molecular complexity index is 1840. The second kappa shape index (κ2) is 12.4. The van der Waals surface area contributed by atoms with Crippen LogP contribution >= 0.6 is 11.6 Å². The maximum Gasteiger partial charge on any atom is 0.303 e. The number of anilines is 1. The van der Waals surface area contributed by atoms with Gasteiger partial charge in [-0.3, -0.25) is 28.9 Å². The van der Waals surface area contributed by atoms with E-state index in [-0.39, 0.29) is 48.8 Å². The van der Waals surface area contributed by atoms with Crippen molar-refractivity contribution in [1.82, 2.24) is 4.90 Å². The highest BCUT2D eigenvalue weighted by Gasteiger charge is 2.70. The number of nitrogens with zero attached hydrogens (tertiary/aromatic N) is 2. The van der Waals surface area contributed by atoms with E-state index < -0.39 is 41.0 Å². The minimum Gasteiger partial charge on any atom is -0.508 e. The summed E-state index contributed by atoms with van der Waals surface area (Å²) in [7, 11) is 0. The number of hydrogen-bond acceptors (Lipinski definition) is 6. The fourth-order valence-electron chi connectivity index (χ4n) is 8.79. The molecule has 4 aliphatic rings. The van der Waals surface area contributed by atoms with Gasteiger partial charge < -0.3 is 10.2 Å². The lowest BCUT2D eigenvalue weighted by Crippen LogP contribution is -2.53. The third-order valence-electron chi connectivity index (χ3n) is 10.8.